The van der Waals surface area contributed by atoms with Gasteiger partial charge >= 0.3 is 5.97 Å². The summed E-state index contributed by atoms with van der Waals surface area (Å²) in [5.74, 6) is -2.69. The normalized spacial score (nSPS) is 11.1. The van der Waals surface area contributed by atoms with Crippen LogP contribution in [-0.4, -0.2) is 24.4 Å². The summed E-state index contributed by atoms with van der Waals surface area (Å²) in [6.07, 6.45) is 0. The van der Waals surface area contributed by atoms with Gasteiger partial charge in [-0.15, -0.1) is 0 Å². The highest BCUT2D eigenvalue weighted by molar-refractivity contribution is 7.92. The van der Waals surface area contributed by atoms with Crippen molar-refractivity contribution < 1.29 is 27.6 Å². The number of nitrogens with zero attached hydrogens (tertiary/aromatic N) is 1. The highest BCUT2D eigenvalue weighted by Crippen LogP contribution is 2.25. The molecular weight excluding hydrogens is 343 g/mol. The number of non-ortho nitro benzene ring substituents is 1. The van der Waals surface area contributed by atoms with E-state index in [1.807, 2.05) is 0 Å². The van der Waals surface area contributed by atoms with Gasteiger partial charge in [0.25, 0.3) is 15.7 Å². The van der Waals surface area contributed by atoms with Crippen molar-refractivity contribution in [1.82, 2.24) is 0 Å². The molecule has 2 aromatic carbocycles. The number of hydrogen-bond acceptors (Lipinski definition) is 5. The molecule has 2 rings (SSSR count). The third kappa shape index (κ3) is 3.49. The number of hydrogen-bond donors (Lipinski definition) is 2. The van der Waals surface area contributed by atoms with Crippen LogP contribution in [0.1, 0.15) is 15.9 Å². The number of benzene rings is 2. The Kier molecular flexibility index (Phi) is 4.51. The van der Waals surface area contributed by atoms with Gasteiger partial charge in [-0.3, -0.25) is 14.8 Å². The molecule has 2 aromatic rings. The maximum atomic E-state index is 13.4. The maximum absolute atomic E-state index is 13.4. The van der Waals surface area contributed by atoms with Crippen molar-refractivity contribution in [2.45, 2.75) is 11.8 Å². The van der Waals surface area contributed by atoms with Crippen molar-refractivity contribution in [2.24, 2.45) is 0 Å². The second-order valence-electron chi connectivity index (χ2n) is 4.81. The fourth-order valence-corrected chi connectivity index (χ4v) is 3.02. The van der Waals surface area contributed by atoms with Gasteiger partial charge in [-0.25, -0.2) is 17.6 Å². The molecule has 0 amide bonds. The highest BCUT2D eigenvalue weighted by atomic mass is 32.2. The fraction of sp³-hybridized carbons (Fsp3) is 0.0714. The average Bonchev–Trinajstić information content (AvgIpc) is 2.49. The van der Waals surface area contributed by atoms with Gasteiger partial charge in [0.05, 0.1) is 21.1 Å². The van der Waals surface area contributed by atoms with Crippen LogP contribution in [0.4, 0.5) is 15.8 Å². The van der Waals surface area contributed by atoms with Crippen LogP contribution in [-0.2, 0) is 10.0 Å². The molecule has 2 N–H and O–H groups in total. The smallest absolute Gasteiger partial charge is 0.338 e. The van der Waals surface area contributed by atoms with E-state index in [1.165, 1.54) is 19.1 Å². The summed E-state index contributed by atoms with van der Waals surface area (Å²) >= 11 is 0. The number of carbonyl (C=O) groups is 1. The van der Waals surface area contributed by atoms with Crippen LogP contribution in [0.3, 0.4) is 0 Å². The van der Waals surface area contributed by atoms with Crippen LogP contribution in [0.2, 0.25) is 0 Å². The van der Waals surface area contributed by atoms with E-state index in [-0.39, 0.29) is 11.4 Å². The van der Waals surface area contributed by atoms with Gasteiger partial charge in [-0.2, -0.15) is 0 Å². The second kappa shape index (κ2) is 6.24. The standard InChI is InChI=1S/C14H11FN2O6S/c1-8-2-3-9(17(20)21)6-13(8)16-24(22,23)10-4-5-12(15)11(7-10)14(18)19/h2-7,16H,1H3,(H,18,19). The number of carboxylic acids is 1. The second-order valence-corrected chi connectivity index (χ2v) is 6.49. The van der Waals surface area contributed by atoms with Gasteiger partial charge in [-0.1, -0.05) is 6.07 Å². The third-order valence-corrected chi connectivity index (χ3v) is 4.52. The molecule has 24 heavy (non-hydrogen) atoms. The van der Waals surface area contributed by atoms with Crippen LogP contribution < -0.4 is 4.72 Å². The van der Waals surface area contributed by atoms with E-state index in [0.29, 0.717) is 11.6 Å². The minimum atomic E-state index is -4.25. The molecule has 0 heterocycles. The molecule has 0 spiro atoms. The Balaban J connectivity index is 2.46. The topological polar surface area (TPSA) is 127 Å². The molecular formula is C14H11FN2O6S. The minimum absolute atomic E-state index is 0.0367. The van der Waals surface area contributed by atoms with Crippen molar-refractivity contribution in [3.05, 3.63) is 63.5 Å². The maximum Gasteiger partial charge on any atom is 0.338 e. The molecule has 0 saturated heterocycles. The van der Waals surface area contributed by atoms with E-state index >= 15 is 0 Å². The molecule has 0 aliphatic carbocycles. The molecule has 0 saturated carbocycles. The van der Waals surface area contributed by atoms with Crippen LogP contribution >= 0.6 is 0 Å². The first-order valence-electron chi connectivity index (χ1n) is 6.42. The van der Waals surface area contributed by atoms with Gasteiger partial charge < -0.3 is 5.11 Å². The number of aryl methyl sites for hydroxylation is 1. The molecule has 0 unspecified atom stereocenters. The average molecular weight is 354 g/mol. The quantitative estimate of drug-likeness (QED) is 0.627. The van der Waals surface area contributed by atoms with Crippen molar-refractivity contribution in [3.8, 4) is 0 Å². The zero-order chi connectivity index (χ0) is 18.1. The zero-order valence-corrected chi connectivity index (χ0v) is 13.0. The van der Waals surface area contributed by atoms with E-state index in [9.17, 15) is 27.7 Å². The number of anilines is 1. The molecule has 0 aromatic heterocycles. The Morgan fingerprint density at radius 2 is 1.92 bits per heavy atom. The van der Waals surface area contributed by atoms with E-state index in [2.05, 4.69) is 4.72 Å². The molecule has 8 nitrogen and oxygen atoms in total. The summed E-state index contributed by atoms with van der Waals surface area (Å²) < 4.78 is 40.2. The van der Waals surface area contributed by atoms with Gasteiger partial charge in [0.15, 0.2) is 0 Å². The number of halogens is 1. The van der Waals surface area contributed by atoms with E-state index in [0.717, 1.165) is 18.2 Å². The fourth-order valence-electron chi connectivity index (χ4n) is 1.87. The van der Waals surface area contributed by atoms with E-state index < -0.39 is 37.2 Å². The predicted molar refractivity (Wildman–Crippen MR) is 82.0 cm³/mol. The Labute approximate surface area is 135 Å². The van der Waals surface area contributed by atoms with Gasteiger partial charge in [0, 0.05) is 12.1 Å². The lowest BCUT2D eigenvalue weighted by Gasteiger charge is -2.11. The van der Waals surface area contributed by atoms with Gasteiger partial charge in [0.1, 0.15) is 5.82 Å². The SMILES string of the molecule is Cc1ccc([N+](=O)[O-])cc1NS(=O)(=O)c1ccc(F)c(C(=O)O)c1. The Morgan fingerprint density at radius 1 is 1.25 bits per heavy atom. The monoisotopic (exact) mass is 354 g/mol. The van der Waals surface area contributed by atoms with E-state index in [4.69, 9.17) is 5.11 Å². The van der Waals surface area contributed by atoms with Gasteiger partial charge in [0.2, 0.25) is 0 Å². The molecule has 126 valence electrons. The number of carboxylic acid groups (broad SMARTS) is 1. The molecule has 0 atom stereocenters. The number of nitro groups is 1. The number of nitro benzene ring substituents is 1. The molecule has 10 heteroatoms. The summed E-state index contributed by atoms with van der Waals surface area (Å²) in [6.45, 7) is 1.54. The highest BCUT2D eigenvalue weighted by Gasteiger charge is 2.21. The van der Waals surface area contributed by atoms with Crippen LogP contribution in [0.5, 0.6) is 0 Å². The lowest BCUT2D eigenvalue weighted by atomic mass is 10.2. The minimum Gasteiger partial charge on any atom is -0.478 e. The largest absolute Gasteiger partial charge is 0.478 e. The molecule has 0 radical (unpaired) electrons. The first-order chi connectivity index (χ1) is 11.1. The molecule has 0 fully saturated rings. The number of rotatable bonds is 5. The first-order valence-corrected chi connectivity index (χ1v) is 7.91. The number of aromatic carboxylic acids is 1. The predicted octanol–water partition coefficient (Wildman–Crippen LogP) is 2.54. The molecule has 0 aliphatic rings. The van der Waals surface area contributed by atoms with Gasteiger partial charge in [-0.05, 0) is 30.7 Å². The summed E-state index contributed by atoms with van der Waals surface area (Å²) in [5.41, 5.74) is -0.729. The van der Waals surface area contributed by atoms with Crippen molar-refractivity contribution in [3.63, 3.8) is 0 Å². The van der Waals surface area contributed by atoms with Crippen LogP contribution in [0.25, 0.3) is 0 Å². The van der Waals surface area contributed by atoms with Crippen LogP contribution in [0, 0.1) is 22.9 Å². The first kappa shape index (κ1) is 17.3. The van der Waals surface area contributed by atoms with E-state index in [1.54, 1.807) is 0 Å². The third-order valence-electron chi connectivity index (χ3n) is 3.15. The zero-order valence-electron chi connectivity index (χ0n) is 12.2. The Hall–Kier alpha value is -3.01. The number of sulfonamides is 1. The summed E-state index contributed by atoms with van der Waals surface area (Å²) in [5, 5.41) is 19.6. The summed E-state index contributed by atoms with van der Waals surface area (Å²) in [4.78, 5) is 20.5. The van der Waals surface area contributed by atoms with Crippen LogP contribution in [0.15, 0.2) is 41.3 Å². The molecule has 0 bridgehead atoms. The van der Waals surface area contributed by atoms with Crippen molar-refractivity contribution in [2.75, 3.05) is 4.72 Å². The summed E-state index contributed by atoms with van der Waals surface area (Å²) in [6, 6.07) is 5.91. The number of nitrogens with one attached hydrogen (secondary N) is 1. The molecule has 0 aliphatic heterocycles. The van der Waals surface area contributed by atoms with Crippen molar-refractivity contribution in [1.29, 1.82) is 0 Å². The lowest BCUT2D eigenvalue weighted by molar-refractivity contribution is -0.384. The Bertz CT molecular complexity index is 942. The van der Waals surface area contributed by atoms with Crippen molar-refractivity contribution >= 4 is 27.4 Å². The lowest BCUT2D eigenvalue weighted by Crippen LogP contribution is -2.15. The Morgan fingerprint density at radius 3 is 2.50 bits per heavy atom. The summed E-state index contributed by atoms with van der Waals surface area (Å²) in [7, 11) is -4.25.